The Morgan fingerprint density at radius 3 is 2.50 bits per heavy atom. The molecule has 1 aromatic rings. The third-order valence-electron chi connectivity index (χ3n) is 5.04. The molecule has 0 atom stereocenters. The van der Waals surface area contributed by atoms with Crippen molar-refractivity contribution in [2.45, 2.75) is 46.6 Å². The second-order valence-electron chi connectivity index (χ2n) is 6.68. The monoisotopic (exact) mass is 367 g/mol. The number of guanidine groups is 1. The Labute approximate surface area is 157 Å². The van der Waals surface area contributed by atoms with Crippen LogP contribution in [0.1, 0.15) is 45.6 Å². The van der Waals surface area contributed by atoms with E-state index in [2.05, 4.69) is 19.2 Å². The summed E-state index contributed by atoms with van der Waals surface area (Å²) in [4.78, 5) is 6.79. The van der Waals surface area contributed by atoms with Crippen LogP contribution in [0.5, 0.6) is 5.75 Å². The zero-order valence-corrected chi connectivity index (χ0v) is 16.8. The third kappa shape index (κ3) is 6.16. The second-order valence-corrected chi connectivity index (χ2v) is 6.68. The largest absolute Gasteiger partial charge is 0.494 e. The average molecular weight is 368 g/mol. The van der Waals surface area contributed by atoms with Gasteiger partial charge in [0, 0.05) is 33.3 Å². The van der Waals surface area contributed by atoms with Gasteiger partial charge in [-0.3, -0.25) is 4.99 Å². The van der Waals surface area contributed by atoms with Gasteiger partial charge >= 0.3 is 0 Å². The van der Waals surface area contributed by atoms with Gasteiger partial charge in [-0.15, -0.1) is 0 Å². The fraction of sp³-hybridized carbons (Fsp3) is 0.650. The Morgan fingerprint density at radius 1 is 1.31 bits per heavy atom. The first kappa shape index (κ1) is 22.2. The first-order chi connectivity index (χ1) is 12.4. The molecule has 2 N–H and O–H groups in total. The van der Waals surface area contributed by atoms with Crippen molar-refractivity contribution in [1.29, 1.82) is 0 Å². The Bertz CT molecular complexity index is 574. The highest BCUT2D eigenvalue weighted by Gasteiger charge is 2.25. The summed E-state index contributed by atoms with van der Waals surface area (Å²) < 4.78 is 18.9. The van der Waals surface area contributed by atoms with Gasteiger partial charge in [-0.1, -0.05) is 19.9 Å². The lowest BCUT2D eigenvalue weighted by atomic mass is 9.79. The van der Waals surface area contributed by atoms with Crippen LogP contribution in [0.3, 0.4) is 0 Å². The molecule has 0 radical (unpaired) electrons. The summed E-state index contributed by atoms with van der Waals surface area (Å²) in [7, 11) is 3.40. The van der Waals surface area contributed by atoms with Gasteiger partial charge in [0.1, 0.15) is 0 Å². The van der Waals surface area contributed by atoms with Crippen LogP contribution in [0, 0.1) is 11.2 Å². The number of nitrogens with zero attached hydrogens (tertiary/aromatic N) is 2. The van der Waals surface area contributed by atoms with E-state index in [1.807, 2.05) is 24.9 Å². The maximum atomic E-state index is 13.9. The molecule has 0 amide bonds. The lowest BCUT2D eigenvalue weighted by Crippen LogP contribution is -2.39. The fourth-order valence-electron chi connectivity index (χ4n) is 3.01. The van der Waals surface area contributed by atoms with Crippen molar-refractivity contribution in [1.82, 2.24) is 10.2 Å². The molecule has 26 heavy (non-hydrogen) atoms. The van der Waals surface area contributed by atoms with Crippen molar-refractivity contribution in [2.24, 2.45) is 10.4 Å². The van der Waals surface area contributed by atoms with Crippen molar-refractivity contribution in [3.05, 3.63) is 29.6 Å². The maximum Gasteiger partial charge on any atom is 0.193 e. The summed E-state index contributed by atoms with van der Waals surface area (Å²) in [6, 6.07) is 4.99. The number of benzene rings is 1. The van der Waals surface area contributed by atoms with Gasteiger partial charge in [0.05, 0.1) is 7.11 Å². The molecular weight excluding hydrogens is 333 g/mol. The Hall–Kier alpha value is -1.82. The molecule has 0 aliphatic rings. The molecule has 5 nitrogen and oxygen atoms in total. The van der Waals surface area contributed by atoms with E-state index in [1.54, 1.807) is 6.07 Å². The minimum absolute atomic E-state index is 0.0164. The van der Waals surface area contributed by atoms with Gasteiger partial charge < -0.3 is 20.1 Å². The summed E-state index contributed by atoms with van der Waals surface area (Å²) in [5.41, 5.74) is 0.867. The summed E-state index contributed by atoms with van der Waals surface area (Å²) in [6.07, 6.45) is 2.69. The smallest absolute Gasteiger partial charge is 0.193 e. The number of hydrogen-bond donors (Lipinski definition) is 2. The minimum Gasteiger partial charge on any atom is -0.494 e. The molecule has 0 unspecified atom stereocenters. The van der Waals surface area contributed by atoms with Gasteiger partial charge in [-0.25, -0.2) is 4.39 Å². The van der Waals surface area contributed by atoms with Gasteiger partial charge in [-0.05, 0) is 49.3 Å². The quantitative estimate of drug-likeness (QED) is 0.491. The van der Waals surface area contributed by atoms with E-state index in [0.29, 0.717) is 13.1 Å². The van der Waals surface area contributed by atoms with Crippen molar-refractivity contribution >= 4 is 5.96 Å². The molecule has 1 aromatic carbocycles. The van der Waals surface area contributed by atoms with E-state index in [4.69, 9.17) is 9.73 Å². The summed E-state index contributed by atoms with van der Waals surface area (Å²) in [6.45, 7) is 8.44. The molecule has 0 aromatic heterocycles. The number of nitrogens with one attached hydrogen (secondary N) is 1. The van der Waals surface area contributed by atoms with Crippen molar-refractivity contribution in [3.8, 4) is 5.75 Å². The highest BCUT2D eigenvalue weighted by molar-refractivity contribution is 5.79. The second kappa shape index (κ2) is 11.0. The van der Waals surface area contributed by atoms with Crippen molar-refractivity contribution in [2.75, 3.05) is 33.9 Å². The normalized spacial score (nSPS) is 12.2. The number of hydrogen-bond acceptors (Lipinski definition) is 3. The van der Waals surface area contributed by atoms with Crippen LogP contribution in [0.2, 0.25) is 0 Å². The molecule has 0 saturated carbocycles. The fourth-order valence-corrected chi connectivity index (χ4v) is 3.01. The number of aliphatic hydroxyl groups is 1. The standard InChI is InChI=1S/C20H34FN3O2/c1-6-20(7-2,11-12-25)15-23-19(22-8-3)24(4)14-16-9-10-18(26-5)17(21)13-16/h9-10,13,25H,6-8,11-12,14-15H2,1-5H3,(H,22,23). The molecule has 1 rings (SSSR count). The summed E-state index contributed by atoms with van der Waals surface area (Å²) in [5, 5.41) is 12.7. The Morgan fingerprint density at radius 2 is 2.00 bits per heavy atom. The number of halogens is 1. The molecule has 0 fully saturated rings. The lowest BCUT2D eigenvalue weighted by Gasteiger charge is -2.30. The molecule has 148 valence electrons. The topological polar surface area (TPSA) is 57.1 Å². The van der Waals surface area contributed by atoms with Crippen molar-refractivity contribution in [3.63, 3.8) is 0 Å². The van der Waals surface area contributed by atoms with Crippen molar-refractivity contribution < 1.29 is 14.2 Å². The molecule has 6 heteroatoms. The molecular formula is C20H34FN3O2. The van der Waals surface area contributed by atoms with E-state index in [-0.39, 0.29) is 23.6 Å². The van der Waals surface area contributed by atoms with E-state index < -0.39 is 0 Å². The van der Waals surface area contributed by atoms with Crippen LogP contribution in [-0.2, 0) is 6.54 Å². The van der Waals surface area contributed by atoms with E-state index in [0.717, 1.165) is 37.3 Å². The number of ether oxygens (including phenoxy) is 1. The zero-order valence-electron chi connectivity index (χ0n) is 16.8. The lowest BCUT2D eigenvalue weighted by molar-refractivity contribution is 0.175. The predicted molar refractivity (Wildman–Crippen MR) is 105 cm³/mol. The minimum atomic E-state index is -0.362. The Kier molecular flexibility index (Phi) is 9.41. The maximum absolute atomic E-state index is 13.9. The SMILES string of the molecule is CCNC(=NCC(CC)(CC)CCO)N(C)Cc1ccc(OC)c(F)c1. The average Bonchev–Trinajstić information content (AvgIpc) is 2.64. The molecule has 0 aliphatic carbocycles. The van der Waals surface area contributed by atoms with Crippen LogP contribution in [0.25, 0.3) is 0 Å². The molecule has 0 heterocycles. The summed E-state index contributed by atoms with van der Waals surface area (Å²) in [5.74, 6) is 0.670. The third-order valence-corrected chi connectivity index (χ3v) is 5.04. The summed E-state index contributed by atoms with van der Waals surface area (Å²) >= 11 is 0. The van der Waals surface area contributed by atoms with E-state index in [1.165, 1.54) is 13.2 Å². The molecule has 0 bridgehead atoms. The molecule has 0 aliphatic heterocycles. The van der Waals surface area contributed by atoms with Gasteiger partial charge in [-0.2, -0.15) is 0 Å². The number of aliphatic imine (C=N–C) groups is 1. The zero-order chi connectivity index (χ0) is 19.6. The van der Waals surface area contributed by atoms with Gasteiger partial charge in [0.25, 0.3) is 0 Å². The first-order valence-corrected chi connectivity index (χ1v) is 9.38. The highest BCUT2D eigenvalue weighted by atomic mass is 19.1. The predicted octanol–water partition coefficient (Wildman–Crippen LogP) is 3.42. The van der Waals surface area contributed by atoms with Crippen LogP contribution in [0.15, 0.2) is 23.2 Å². The van der Waals surface area contributed by atoms with E-state index in [9.17, 15) is 9.50 Å². The van der Waals surface area contributed by atoms with Crippen LogP contribution in [-0.4, -0.2) is 49.8 Å². The van der Waals surface area contributed by atoms with Gasteiger partial charge in [0.15, 0.2) is 17.5 Å². The number of rotatable bonds is 10. The number of aliphatic hydroxyl groups excluding tert-OH is 1. The molecule has 0 spiro atoms. The van der Waals surface area contributed by atoms with Crippen LogP contribution >= 0.6 is 0 Å². The number of methoxy groups -OCH3 is 1. The Balaban J connectivity index is 2.91. The first-order valence-electron chi connectivity index (χ1n) is 9.38. The molecule has 0 saturated heterocycles. The van der Waals surface area contributed by atoms with Crippen LogP contribution in [0.4, 0.5) is 4.39 Å². The highest BCUT2D eigenvalue weighted by Crippen LogP contribution is 2.30. The van der Waals surface area contributed by atoms with E-state index >= 15 is 0 Å². The van der Waals surface area contributed by atoms with Gasteiger partial charge in [0.2, 0.25) is 0 Å². The van der Waals surface area contributed by atoms with Crippen LogP contribution < -0.4 is 10.1 Å².